The first-order valence-corrected chi connectivity index (χ1v) is 8.05. The van der Waals surface area contributed by atoms with Gasteiger partial charge in [0, 0.05) is 37.2 Å². The van der Waals surface area contributed by atoms with Gasteiger partial charge in [-0.15, -0.1) is 0 Å². The molecule has 0 aromatic heterocycles. The molecule has 2 unspecified atom stereocenters. The lowest BCUT2D eigenvalue weighted by Crippen LogP contribution is -2.39. The molecule has 2 aliphatic rings. The second-order valence-electron chi connectivity index (χ2n) is 6.03. The average Bonchev–Trinajstić information content (AvgIpc) is 2.53. The molecular formula is C17H24FNO2. The van der Waals surface area contributed by atoms with Gasteiger partial charge in [-0.05, 0) is 44.0 Å². The Hall–Kier alpha value is -1.13. The van der Waals surface area contributed by atoms with Gasteiger partial charge in [0.25, 0.3) is 0 Å². The Balaban J connectivity index is 1.80. The minimum Gasteiger partial charge on any atom is -0.490 e. The van der Waals surface area contributed by atoms with Crippen molar-refractivity contribution < 1.29 is 13.9 Å². The molecule has 116 valence electrons. The summed E-state index contributed by atoms with van der Waals surface area (Å²) in [6.45, 7) is 4.75. The fourth-order valence-electron chi connectivity index (χ4n) is 3.36. The van der Waals surface area contributed by atoms with Crippen LogP contribution in [0.3, 0.4) is 0 Å². The third-order valence-electron chi connectivity index (χ3n) is 4.53. The van der Waals surface area contributed by atoms with E-state index >= 15 is 0 Å². The highest BCUT2D eigenvalue weighted by atomic mass is 19.1. The van der Waals surface area contributed by atoms with Crippen molar-refractivity contribution in [2.24, 2.45) is 5.92 Å². The van der Waals surface area contributed by atoms with Gasteiger partial charge in [-0.25, -0.2) is 4.39 Å². The predicted molar refractivity (Wildman–Crippen MR) is 80.0 cm³/mol. The van der Waals surface area contributed by atoms with Crippen LogP contribution in [0, 0.1) is 11.7 Å². The molecular weight excluding hydrogens is 269 g/mol. The van der Waals surface area contributed by atoms with Crippen LogP contribution >= 0.6 is 0 Å². The molecule has 1 saturated heterocycles. The third kappa shape index (κ3) is 3.38. The van der Waals surface area contributed by atoms with Crippen LogP contribution in [0.2, 0.25) is 0 Å². The van der Waals surface area contributed by atoms with E-state index in [0.717, 1.165) is 56.8 Å². The summed E-state index contributed by atoms with van der Waals surface area (Å²) in [5.74, 6) is 1.20. The van der Waals surface area contributed by atoms with E-state index in [1.54, 1.807) is 12.1 Å². The van der Waals surface area contributed by atoms with E-state index in [9.17, 15) is 4.39 Å². The molecule has 1 fully saturated rings. The Morgan fingerprint density at radius 2 is 2.10 bits per heavy atom. The summed E-state index contributed by atoms with van der Waals surface area (Å²) in [6.07, 6.45) is 4.32. The van der Waals surface area contributed by atoms with Crippen molar-refractivity contribution >= 4 is 0 Å². The van der Waals surface area contributed by atoms with Crippen LogP contribution in [-0.4, -0.2) is 25.9 Å². The summed E-state index contributed by atoms with van der Waals surface area (Å²) < 4.78 is 25.2. The fourth-order valence-corrected chi connectivity index (χ4v) is 3.36. The van der Waals surface area contributed by atoms with Crippen molar-refractivity contribution in [2.45, 2.75) is 44.8 Å². The van der Waals surface area contributed by atoms with E-state index in [4.69, 9.17) is 9.47 Å². The van der Waals surface area contributed by atoms with E-state index in [1.807, 2.05) is 0 Å². The molecule has 0 amide bonds. The summed E-state index contributed by atoms with van der Waals surface area (Å²) in [4.78, 5) is 0. The Morgan fingerprint density at radius 3 is 2.86 bits per heavy atom. The van der Waals surface area contributed by atoms with E-state index in [-0.39, 0.29) is 18.0 Å². The zero-order chi connectivity index (χ0) is 14.7. The highest BCUT2D eigenvalue weighted by Crippen LogP contribution is 2.39. The standard InChI is InChI=1S/C17H24FNO2/c1-2-7-19-15-11-17(12-5-8-20-9-6-12)21-16-4-3-13(18)10-14(15)16/h3-4,10,12,15,17,19H,2,5-9,11H2,1H3. The number of fused-ring (bicyclic) bond motifs is 1. The molecule has 2 aliphatic heterocycles. The quantitative estimate of drug-likeness (QED) is 0.922. The first-order chi connectivity index (χ1) is 10.3. The molecule has 1 aromatic carbocycles. The van der Waals surface area contributed by atoms with Gasteiger partial charge in [0.05, 0.1) is 0 Å². The Morgan fingerprint density at radius 1 is 1.29 bits per heavy atom. The minimum atomic E-state index is -0.190. The van der Waals surface area contributed by atoms with Crippen molar-refractivity contribution in [1.82, 2.24) is 5.32 Å². The van der Waals surface area contributed by atoms with Crippen molar-refractivity contribution in [3.63, 3.8) is 0 Å². The van der Waals surface area contributed by atoms with Gasteiger partial charge in [-0.2, -0.15) is 0 Å². The number of hydrogen-bond donors (Lipinski definition) is 1. The number of benzene rings is 1. The van der Waals surface area contributed by atoms with E-state index in [0.29, 0.717) is 5.92 Å². The monoisotopic (exact) mass is 293 g/mol. The summed E-state index contributed by atoms with van der Waals surface area (Å²) in [7, 11) is 0. The third-order valence-corrected chi connectivity index (χ3v) is 4.53. The molecule has 0 spiro atoms. The van der Waals surface area contributed by atoms with Crippen LogP contribution in [0.15, 0.2) is 18.2 Å². The Kier molecular flexibility index (Phi) is 4.76. The number of hydrogen-bond acceptors (Lipinski definition) is 3. The maximum absolute atomic E-state index is 13.5. The SMILES string of the molecule is CCCNC1CC(C2CCOCC2)Oc2ccc(F)cc21. The molecule has 0 bridgehead atoms. The lowest BCUT2D eigenvalue weighted by Gasteiger charge is -2.38. The highest BCUT2D eigenvalue weighted by Gasteiger charge is 2.34. The maximum atomic E-state index is 13.5. The first-order valence-electron chi connectivity index (χ1n) is 8.05. The predicted octanol–water partition coefficient (Wildman–Crippen LogP) is 3.44. The van der Waals surface area contributed by atoms with Gasteiger partial charge >= 0.3 is 0 Å². The number of rotatable bonds is 4. The molecule has 1 N–H and O–H groups in total. The lowest BCUT2D eigenvalue weighted by molar-refractivity contribution is 0.00524. The van der Waals surface area contributed by atoms with Gasteiger partial charge in [-0.3, -0.25) is 0 Å². The lowest BCUT2D eigenvalue weighted by atomic mass is 9.85. The highest BCUT2D eigenvalue weighted by molar-refractivity contribution is 5.38. The molecule has 0 saturated carbocycles. The van der Waals surface area contributed by atoms with Crippen LogP contribution < -0.4 is 10.1 Å². The summed E-state index contributed by atoms with van der Waals surface area (Å²) in [5, 5.41) is 3.55. The van der Waals surface area contributed by atoms with Crippen LogP contribution in [-0.2, 0) is 4.74 Å². The van der Waals surface area contributed by atoms with Crippen LogP contribution in [0.5, 0.6) is 5.75 Å². The van der Waals surface area contributed by atoms with Crippen molar-refractivity contribution in [1.29, 1.82) is 0 Å². The van der Waals surface area contributed by atoms with Gasteiger partial charge in [0.15, 0.2) is 0 Å². The van der Waals surface area contributed by atoms with Crippen LogP contribution in [0.1, 0.15) is 44.2 Å². The van der Waals surface area contributed by atoms with Gasteiger partial charge < -0.3 is 14.8 Å². The minimum absolute atomic E-state index is 0.190. The van der Waals surface area contributed by atoms with Crippen molar-refractivity contribution in [3.8, 4) is 5.75 Å². The first kappa shape index (κ1) is 14.8. The maximum Gasteiger partial charge on any atom is 0.124 e. The number of nitrogens with one attached hydrogen (secondary N) is 1. The largest absolute Gasteiger partial charge is 0.490 e. The van der Waals surface area contributed by atoms with Gasteiger partial charge in [0.1, 0.15) is 17.7 Å². The number of halogens is 1. The van der Waals surface area contributed by atoms with Crippen LogP contribution in [0.25, 0.3) is 0 Å². The average molecular weight is 293 g/mol. The summed E-state index contributed by atoms with van der Waals surface area (Å²) >= 11 is 0. The van der Waals surface area contributed by atoms with Crippen molar-refractivity contribution in [2.75, 3.05) is 19.8 Å². The summed E-state index contributed by atoms with van der Waals surface area (Å²) in [5.41, 5.74) is 0.965. The molecule has 3 nitrogen and oxygen atoms in total. The molecule has 2 heterocycles. The van der Waals surface area contributed by atoms with E-state index < -0.39 is 0 Å². The zero-order valence-corrected chi connectivity index (χ0v) is 12.6. The molecule has 0 aliphatic carbocycles. The molecule has 1 aromatic rings. The topological polar surface area (TPSA) is 30.5 Å². The smallest absolute Gasteiger partial charge is 0.124 e. The molecule has 0 radical (unpaired) electrons. The van der Waals surface area contributed by atoms with Crippen LogP contribution in [0.4, 0.5) is 4.39 Å². The second kappa shape index (κ2) is 6.75. The Labute approximate surface area is 125 Å². The van der Waals surface area contributed by atoms with Gasteiger partial charge in [0.2, 0.25) is 0 Å². The molecule has 2 atom stereocenters. The normalized spacial score (nSPS) is 26.2. The molecule has 4 heteroatoms. The van der Waals surface area contributed by atoms with Gasteiger partial charge in [-0.1, -0.05) is 6.92 Å². The number of ether oxygens (including phenoxy) is 2. The van der Waals surface area contributed by atoms with E-state index in [2.05, 4.69) is 12.2 Å². The fraction of sp³-hybridized carbons (Fsp3) is 0.647. The summed E-state index contributed by atoms with van der Waals surface area (Å²) in [6, 6.07) is 5.07. The second-order valence-corrected chi connectivity index (χ2v) is 6.03. The molecule has 21 heavy (non-hydrogen) atoms. The van der Waals surface area contributed by atoms with Crippen molar-refractivity contribution in [3.05, 3.63) is 29.6 Å². The molecule has 3 rings (SSSR count). The zero-order valence-electron chi connectivity index (χ0n) is 12.6. The Bertz CT molecular complexity index is 474. The van der Waals surface area contributed by atoms with E-state index in [1.165, 1.54) is 6.07 Å².